The fourth-order valence-electron chi connectivity index (χ4n) is 2.61. The summed E-state index contributed by atoms with van der Waals surface area (Å²) in [5.74, 6) is 0. The zero-order chi connectivity index (χ0) is 14.5. The third-order valence-electron chi connectivity index (χ3n) is 3.88. The molecule has 0 bridgehead atoms. The first-order valence-corrected chi connectivity index (χ1v) is 11.1. The Morgan fingerprint density at radius 2 is 1.45 bits per heavy atom. The van der Waals surface area contributed by atoms with Crippen molar-refractivity contribution in [2.24, 2.45) is 0 Å². The number of rotatable bonds is 12. The van der Waals surface area contributed by atoms with Gasteiger partial charge in [0.15, 0.2) is 0 Å². The summed E-state index contributed by atoms with van der Waals surface area (Å²) in [5.41, 5.74) is 1.41. The fraction of sp³-hybridized carbons (Fsp3) is 0.667. The number of unbranched alkanes of at least 4 members (excludes halogenated alkanes) is 9. The van der Waals surface area contributed by atoms with E-state index in [0.29, 0.717) is 0 Å². The topological polar surface area (TPSA) is 20.2 Å². The van der Waals surface area contributed by atoms with Gasteiger partial charge in [-0.2, -0.15) is 0 Å². The first-order valence-electron chi connectivity index (χ1n) is 8.36. The maximum absolute atomic E-state index is 9.28. The summed E-state index contributed by atoms with van der Waals surface area (Å²) in [6, 6.07) is 8.57. The molecule has 112 valence electrons. The third kappa shape index (κ3) is 9.01. The first-order chi connectivity index (χ1) is 9.86. The van der Waals surface area contributed by atoms with Crippen LogP contribution in [0.15, 0.2) is 24.3 Å². The van der Waals surface area contributed by atoms with Gasteiger partial charge in [-0.05, 0) is 0 Å². The van der Waals surface area contributed by atoms with Crippen LogP contribution >= 0.6 is 0 Å². The number of hydrogen-bond acceptors (Lipinski definition) is 1. The molecule has 0 heterocycles. The molecule has 1 aromatic rings. The Morgan fingerprint density at radius 1 is 0.850 bits per heavy atom. The van der Waals surface area contributed by atoms with Crippen LogP contribution in [-0.4, -0.2) is 25.0 Å². The molecule has 0 atom stereocenters. The van der Waals surface area contributed by atoms with Gasteiger partial charge in [0, 0.05) is 0 Å². The van der Waals surface area contributed by atoms with Crippen molar-refractivity contribution >= 4 is 25.1 Å². The Labute approximate surface area is 135 Å². The molecule has 20 heavy (non-hydrogen) atoms. The summed E-state index contributed by atoms with van der Waals surface area (Å²) in [7, 11) is 0. The van der Waals surface area contributed by atoms with E-state index in [1.165, 1.54) is 79.8 Å². The summed E-state index contributed by atoms with van der Waals surface area (Å²) in [5, 5.41) is 0. The van der Waals surface area contributed by atoms with Gasteiger partial charge in [0.05, 0.1) is 0 Å². The van der Waals surface area contributed by atoms with E-state index in [0.717, 1.165) is 0 Å². The molecule has 0 aliphatic rings. The van der Waals surface area contributed by atoms with Gasteiger partial charge in [-0.3, -0.25) is 0 Å². The molecule has 0 aromatic heterocycles. The summed E-state index contributed by atoms with van der Waals surface area (Å²) in [4.78, 5) is 0. The number of aryl methyl sites for hydroxylation is 1. The Morgan fingerprint density at radius 3 is 2.05 bits per heavy atom. The fourth-order valence-corrected chi connectivity index (χ4v) is 3.81. The van der Waals surface area contributed by atoms with E-state index in [2.05, 4.69) is 31.2 Å². The molecular formula is C18H30OSn. The molecule has 0 aliphatic carbocycles. The molecule has 1 N–H and O–H groups in total. The molecule has 2 radical (unpaired) electrons. The summed E-state index contributed by atoms with van der Waals surface area (Å²) in [6.45, 7) is 2.28. The quantitative estimate of drug-likeness (QED) is 0.421. The second-order valence-corrected chi connectivity index (χ2v) is 8.03. The Kier molecular flexibility index (Phi) is 11.4. The van der Waals surface area contributed by atoms with Crippen molar-refractivity contribution in [3.8, 4) is 0 Å². The van der Waals surface area contributed by atoms with Gasteiger partial charge in [-0.1, -0.05) is 19.8 Å². The Balaban J connectivity index is 1.94. The van der Waals surface area contributed by atoms with Crippen molar-refractivity contribution in [2.45, 2.75) is 77.6 Å². The van der Waals surface area contributed by atoms with Gasteiger partial charge in [-0.15, -0.1) is 0 Å². The van der Waals surface area contributed by atoms with Crippen molar-refractivity contribution in [2.75, 3.05) is 0 Å². The van der Waals surface area contributed by atoms with Crippen molar-refractivity contribution in [1.82, 2.24) is 0 Å². The molecule has 0 fully saturated rings. The number of hydrogen-bond donors (Lipinski definition) is 1. The molecular weight excluding hydrogens is 351 g/mol. The predicted octanol–water partition coefficient (Wildman–Crippen LogP) is 4.39. The monoisotopic (exact) mass is 382 g/mol. The molecule has 0 saturated carbocycles. The van der Waals surface area contributed by atoms with Crippen LogP contribution in [0.25, 0.3) is 0 Å². The Bertz CT molecular complexity index is 338. The van der Waals surface area contributed by atoms with E-state index in [4.69, 9.17) is 0 Å². The molecule has 0 amide bonds. The Hall–Kier alpha value is -0.0213. The summed E-state index contributed by atoms with van der Waals surface area (Å²) < 4.78 is 10.5. The van der Waals surface area contributed by atoms with Crippen molar-refractivity contribution in [1.29, 1.82) is 0 Å². The minimum absolute atomic E-state index is 1.18. The van der Waals surface area contributed by atoms with Crippen LogP contribution in [0.4, 0.5) is 0 Å². The number of benzene rings is 1. The predicted molar refractivity (Wildman–Crippen MR) is 89.6 cm³/mol. The van der Waals surface area contributed by atoms with Gasteiger partial charge < -0.3 is 0 Å². The van der Waals surface area contributed by atoms with E-state index in [9.17, 15) is 3.44 Å². The normalized spacial score (nSPS) is 10.9. The summed E-state index contributed by atoms with van der Waals surface area (Å²) >= 11 is -1.23. The van der Waals surface area contributed by atoms with E-state index >= 15 is 0 Å². The van der Waals surface area contributed by atoms with Crippen LogP contribution < -0.4 is 3.58 Å². The van der Waals surface area contributed by atoms with Gasteiger partial charge in [0.2, 0.25) is 0 Å². The molecule has 0 aliphatic heterocycles. The standard InChI is InChI=1S/C18H29.H2O.Sn/c1-2-3-4-5-6-7-8-9-10-12-15-18-16-13-11-14-17-18;;/h11,13,16-17H,2-10,12,15H2,1H3;1H2;/q;;+1/p-1. The maximum atomic E-state index is 9.28. The van der Waals surface area contributed by atoms with Crippen LogP contribution in [-0.2, 0) is 6.42 Å². The minimum atomic E-state index is -1.23. The average molecular weight is 381 g/mol. The SMILES string of the molecule is CCCCCCCCCCCCc1ccc[c]([Sn][OH])c1. The molecule has 1 nitrogen and oxygen atoms in total. The molecule has 1 aromatic carbocycles. The van der Waals surface area contributed by atoms with E-state index in [-0.39, 0.29) is 0 Å². The van der Waals surface area contributed by atoms with Crippen molar-refractivity contribution in [3.63, 3.8) is 0 Å². The van der Waals surface area contributed by atoms with E-state index in [1.54, 1.807) is 0 Å². The zero-order valence-corrected chi connectivity index (χ0v) is 15.9. The second kappa shape index (κ2) is 12.7. The van der Waals surface area contributed by atoms with Crippen molar-refractivity contribution < 1.29 is 3.44 Å². The second-order valence-electron chi connectivity index (χ2n) is 5.74. The first kappa shape index (κ1) is 18.0. The van der Waals surface area contributed by atoms with Crippen LogP contribution in [0, 0.1) is 0 Å². The van der Waals surface area contributed by atoms with Gasteiger partial charge in [-0.25, -0.2) is 0 Å². The van der Waals surface area contributed by atoms with Gasteiger partial charge in [0.25, 0.3) is 0 Å². The van der Waals surface area contributed by atoms with E-state index < -0.39 is 21.6 Å². The summed E-state index contributed by atoms with van der Waals surface area (Å²) in [6.07, 6.45) is 15.1. The van der Waals surface area contributed by atoms with Crippen molar-refractivity contribution in [3.05, 3.63) is 29.8 Å². The molecule has 1 rings (SSSR count). The van der Waals surface area contributed by atoms with Gasteiger partial charge in [0.1, 0.15) is 0 Å². The molecule has 0 spiro atoms. The zero-order valence-electron chi connectivity index (χ0n) is 13.0. The van der Waals surface area contributed by atoms with Gasteiger partial charge >= 0.3 is 116 Å². The third-order valence-corrected chi connectivity index (χ3v) is 5.50. The van der Waals surface area contributed by atoms with Crippen LogP contribution in [0.1, 0.15) is 76.7 Å². The van der Waals surface area contributed by atoms with Crippen LogP contribution in [0.2, 0.25) is 0 Å². The molecule has 0 unspecified atom stereocenters. The van der Waals surface area contributed by atoms with Crippen LogP contribution in [0.5, 0.6) is 0 Å². The van der Waals surface area contributed by atoms with Crippen LogP contribution in [0.3, 0.4) is 0 Å². The molecule has 0 saturated heterocycles. The van der Waals surface area contributed by atoms with E-state index in [1.807, 2.05) is 0 Å². The average Bonchev–Trinajstić information content (AvgIpc) is 2.49. The molecule has 2 heteroatoms.